The van der Waals surface area contributed by atoms with E-state index in [1.165, 1.54) is 34.2 Å². The number of nitrogens with zero attached hydrogens (tertiary/aromatic N) is 7. The fourth-order valence-corrected chi connectivity index (χ4v) is 5.68. The van der Waals surface area contributed by atoms with Crippen molar-refractivity contribution in [2.45, 2.75) is 39.7 Å². The van der Waals surface area contributed by atoms with E-state index in [1.54, 1.807) is 23.1 Å². The van der Waals surface area contributed by atoms with Crippen molar-refractivity contribution in [3.63, 3.8) is 0 Å². The molecule has 41 heavy (non-hydrogen) atoms. The molecule has 12 heteroatoms. The second-order valence-corrected chi connectivity index (χ2v) is 11.8. The van der Waals surface area contributed by atoms with E-state index in [4.69, 9.17) is 9.72 Å². The number of carbonyl (C=O) groups excluding carboxylic acids is 1. The predicted molar refractivity (Wildman–Crippen MR) is 155 cm³/mol. The number of hydrogen-bond donors (Lipinski definition) is 0. The molecule has 1 aromatic carbocycles. The van der Waals surface area contributed by atoms with Crippen LogP contribution in [-0.2, 0) is 11.2 Å². The predicted octanol–water partition coefficient (Wildman–Crippen LogP) is 6.00. The Morgan fingerprint density at radius 3 is 2.46 bits per heavy atom. The topological polar surface area (TPSA) is 90.0 Å². The van der Waals surface area contributed by atoms with E-state index < -0.39 is 11.4 Å². The summed E-state index contributed by atoms with van der Waals surface area (Å²) in [6.07, 6.45) is 1.59. The highest BCUT2D eigenvalue weighted by molar-refractivity contribution is 7.16. The number of anilines is 3. The van der Waals surface area contributed by atoms with Crippen molar-refractivity contribution in [3.8, 4) is 17.3 Å². The molecule has 4 heterocycles. The Morgan fingerprint density at radius 1 is 1.17 bits per heavy atom. The van der Waals surface area contributed by atoms with Gasteiger partial charge in [-0.2, -0.15) is 10.4 Å². The number of aromatic nitrogens is 3. The molecule has 9 nitrogen and oxygen atoms in total. The molecule has 0 bridgehead atoms. The molecular weight excluding hydrogens is 548 g/mol. The van der Waals surface area contributed by atoms with Crippen LogP contribution in [0.1, 0.15) is 38.3 Å². The van der Waals surface area contributed by atoms with E-state index in [0.717, 1.165) is 11.4 Å². The summed E-state index contributed by atoms with van der Waals surface area (Å²) < 4.78 is 35.9. The molecule has 0 aliphatic carbocycles. The Labute approximate surface area is 241 Å². The number of carbonyl (C=O) groups is 1. The van der Waals surface area contributed by atoms with Crippen LogP contribution in [0.3, 0.4) is 0 Å². The number of nitriles is 1. The van der Waals surface area contributed by atoms with Gasteiger partial charge in [-0.05, 0) is 57.5 Å². The van der Waals surface area contributed by atoms with Crippen molar-refractivity contribution in [2.75, 3.05) is 43.0 Å². The summed E-state index contributed by atoms with van der Waals surface area (Å²) in [5.41, 5.74) is 3.14. The van der Waals surface area contributed by atoms with Gasteiger partial charge in [-0.15, -0.1) is 0 Å². The Hall–Kier alpha value is -4.24. The highest BCUT2D eigenvalue weighted by Gasteiger charge is 2.28. The quantitative estimate of drug-likeness (QED) is 0.287. The van der Waals surface area contributed by atoms with Gasteiger partial charge in [0.05, 0.1) is 28.8 Å². The highest BCUT2D eigenvalue weighted by atomic mass is 32.1. The average molecular weight is 580 g/mol. The van der Waals surface area contributed by atoms with Gasteiger partial charge in [-0.3, -0.25) is 0 Å². The SMILES string of the molecule is CCc1nn2cc(F)c(N3CCN(C(=O)OC(C)(C)C)CC3)cc2c1N(C)c1nc(-c2ccc(F)cc2)c(C#N)s1. The average Bonchev–Trinajstić information content (AvgIpc) is 3.53. The summed E-state index contributed by atoms with van der Waals surface area (Å²) in [6.45, 7) is 9.17. The smallest absolute Gasteiger partial charge is 0.410 e. The number of ether oxygens (including phenoxy) is 1. The molecule has 1 saturated heterocycles. The molecule has 0 N–H and O–H groups in total. The third kappa shape index (κ3) is 5.67. The van der Waals surface area contributed by atoms with Gasteiger partial charge in [0, 0.05) is 38.8 Å². The van der Waals surface area contributed by atoms with Gasteiger partial charge in [0.25, 0.3) is 0 Å². The first-order valence-electron chi connectivity index (χ1n) is 13.3. The number of fused-ring (bicyclic) bond motifs is 1. The fraction of sp³-hybridized carbons (Fsp3) is 0.379. The lowest BCUT2D eigenvalue weighted by Gasteiger charge is -2.36. The van der Waals surface area contributed by atoms with Gasteiger partial charge in [-0.1, -0.05) is 18.3 Å². The molecule has 1 aliphatic heterocycles. The number of rotatable bonds is 5. The maximum absolute atomic E-state index is 15.4. The van der Waals surface area contributed by atoms with Crippen LogP contribution in [0, 0.1) is 23.0 Å². The maximum Gasteiger partial charge on any atom is 0.410 e. The highest BCUT2D eigenvalue weighted by Crippen LogP contribution is 2.39. The largest absolute Gasteiger partial charge is 0.444 e. The van der Waals surface area contributed by atoms with Gasteiger partial charge in [0.15, 0.2) is 10.9 Å². The molecule has 0 unspecified atom stereocenters. The summed E-state index contributed by atoms with van der Waals surface area (Å²) in [5, 5.41) is 15.0. The lowest BCUT2D eigenvalue weighted by atomic mass is 10.1. The van der Waals surface area contributed by atoms with Crippen molar-refractivity contribution >= 4 is 39.5 Å². The van der Waals surface area contributed by atoms with E-state index in [1.807, 2.05) is 44.5 Å². The van der Waals surface area contributed by atoms with Crippen LogP contribution in [0.25, 0.3) is 16.8 Å². The summed E-state index contributed by atoms with van der Waals surface area (Å²) in [7, 11) is 1.84. The molecule has 3 aromatic heterocycles. The second-order valence-electron chi connectivity index (χ2n) is 10.8. The van der Waals surface area contributed by atoms with E-state index in [0.29, 0.717) is 65.1 Å². The Morgan fingerprint density at radius 2 is 1.85 bits per heavy atom. The molecule has 0 saturated carbocycles. The van der Waals surface area contributed by atoms with Crippen LogP contribution < -0.4 is 9.80 Å². The lowest BCUT2D eigenvalue weighted by molar-refractivity contribution is 0.0240. The maximum atomic E-state index is 15.4. The first kappa shape index (κ1) is 28.3. The lowest BCUT2D eigenvalue weighted by Crippen LogP contribution is -2.50. The summed E-state index contributed by atoms with van der Waals surface area (Å²) >= 11 is 1.22. The number of benzene rings is 1. The summed E-state index contributed by atoms with van der Waals surface area (Å²) in [5.74, 6) is -0.782. The molecule has 4 aromatic rings. The van der Waals surface area contributed by atoms with E-state index in [-0.39, 0.29) is 11.9 Å². The van der Waals surface area contributed by atoms with Gasteiger partial charge >= 0.3 is 6.09 Å². The van der Waals surface area contributed by atoms with Gasteiger partial charge in [0.1, 0.15) is 28.1 Å². The van der Waals surface area contributed by atoms with Crippen LogP contribution in [-0.4, -0.2) is 64.4 Å². The number of thiazole rings is 1. The van der Waals surface area contributed by atoms with Crippen LogP contribution in [0.4, 0.5) is 30.1 Å². The number of amides is 1. The third-order valence-electron chi connectivity index (χ3n) is 6.81. The second kappa shape index (κ2) is 11.0. The van der Waals surface area contributed by atoms with Crippen LogP contribution in [0.2, 0.25) is 0 Å². The first-order valence-corrected chi connectivity index (χ1v) is 14.1. The summed E-state index contributed by atoms with van der Waals surface area (Å²) in [6, 6.07) is 9.84. The number of piperazine rings is 1. The molecule has 214 valence electrons. The molecule has 0 atom stereocenters. The van der Waals surface area contributed by atoms with E-state index >= 15 is 4.39 Å². The minimum absolute atomic E-state index is 0.368. The zero-order valence-corrected chi connectivity index (χ0v) is 24.4. The Bertz CT molecular complexity index is 1630. The van der Waals surface area contributed by atoms with Crippen molar-refractivity contribution in [2.24, 2.45) is 0 Å². The first-order chi connectivity index (χ1) is 19.5. The number of aryl methyl sites for hydroxylation is 1. The molecule has 0 spiro atoms. The number of hydrogen-bond acceptors (Lipinski definition) is 8. The van der Waals surface area contributed by atoms with Crippen molar-refractivity contribution in [1.82, 2.24) is 19.5 Å². The molecular formula is C29H31F2N7O2S. The standard InChI is InChI=1S/C29H31F2N7O2S/c1-6-21-26(35(5)27-33-25(24(16-32)41-27)18-7-9-19(30)10-8-18)23-15-22(20(31)17-38(23)34-21)36-11-13-37(14-12-36)28(39)40-29(2,3)4/h7-10,15,17H,6,11-14H2,1-5H3. The van der Waals surface area contributed by atoms with Crippen LogP contribution in [0.15, 0.2) is 36.5 Å². The van der Waals surface area contributed by atoms with Gasteiger partial charge < -0.3 is 19.4 Å². The normalized spacial score (nSPS) is 13.9. The molecule has 1 aliphatic rings. The van der Waals surface area contributed by atoms with Crippen LogP contribution >= 0.6 is 11.3 Å². The third-order valence-corrected chi connectivity index (χ3v) is 7.85. The Balaban J connectivity index is 1.47. The molecule has 0 radical (unpaired) electrons. The van der Waals surface area contributed by atoms with Crippen molar-refractivity contribution in [1.29, 1.82) is 5.26 Å². The van der Waals surface area contributed by atoms with Gasteiger partial charge in [0.2, 0.25) is 0 Å². The minimum Gasteiger partial charge on any atom is -0.444 e. The van der Waals surface area contributed by atoms with E-state index in [9.17, 15) is 14.4 Å². The summed E-state index contributed by atoms with van der Waals surface area (Å²) in [4.78, 5) is 23.0. The molecule has 1 amide bonds. The Kier molecular flexibility index (Phi) is 7.57. The van der Waals surface area contributed by atoms with Crippen molar-refractivity contribution < 1.29 is 18.3 Å². The fourth-order valence-electron chi connectivity index (χ4n) is 4.82. The molecule has 1 fully saturated rings. The minimum atomic E-state index is -0.585. The monoisotopic (exact) mass is 579 g/mol. The number of pyridine rings is 1. The zero-order chi connectivity index (χ0) is 29.5. The zero-order valence-electron chi connectivity index (χ0n) is 23.6. The van der Waals surface area contributed by atoms with Crippen LogP contribution in [0.5, 0.6) is 0 Å². The number of halogens is 2. The van der Waals surface area contributed by atoms with Gasteiger partial charge in [-0.25, -0.2) is 23.1 Å². The molecule has 5 rings (SSSR count). The van der Waals surface area contributed by atoms with E-state index in [2.05, 4.69) is 11.2 Å². The van der Waals surface area contributed by atoms with Crippen molar-refractivity contribution in [3.05, 3.63) is 58.7 Å².